The van der Waals surface area contributed by atoms with Gasteiger partial charge in [0.2, 0.25) is 0 Å². The number of benzene rings is 2. The number of rotatable bonds is 9. The van der Waals surface area contributed by atoms with Crippen molar-refractivity contribution in [2.24, 2.45) is 0 Å². The number of ether oxygens (including phenoxy) is 2. The molecule has 0 atom stereocenters. The Morgan fingerprint density at radius 2 is 1.50 bits per heavy atom. The van der Waals surface area contributed by atoms with Gasteiger partial charge in [-0.15, -0.1) is 13.2 Å². The van der Waals surface area contributed by atoms with Gasteiger partial charge < -0.3 is 9.47 Å². The van der Waals surface area contributed by atoms with Gasteiger partial charge in [-0.25, -0.2) is 0 Å². The predicted octanol–water partition coefficient (Wildman–Crippen LogP) is 5.61. The van der Waals surface area contributed by atoms with Crippen LogP contribution in [0.1, 0.15) is 25.0 Å². The summed E-state index contributed by atoms with van der Waals surface area (Å²) in [6.45, 7) is 13.1. The van der Waals surface area contributed by atoms with Gasteiger partial charge in [0.25, 0.3) is 0 Å². The molecule has 24 heavy (non-hydrogen) atoms. The molecule has 0 aliphatic rings. The summed E-state index contributed by atoms with van der Waals surface area (Å²) >= 11 is 0. The van der Waals surface area contributed by atoms with E-state index in [1.165, 1.54) is 16.7 Å². The fourth-order valence-corrected chi connectivity index (χ4v) is 2.83. The molecule has 2 aromatic rings. The van der Waals surface area contributed by atoms with Gasteiger partial charge >= 0.3 is 0 Å². The second-order valence-electron chi connectivity index (χ2n) is 5.46. The molecular weight excluding hydrogens is 296 g/mol. The molecule has 0 aliphatic carbocycles. The first-order chi connectivity index (χ1) is 11.7. The maximum Gasteiger partial charge on any atom is 0.126 e. The number of hydrogen-bond acceptors (Lipinski definition) is 2. The molecule has 0 aliphatic heterocycles. The SMILES string of the molecule is C=CCc1ccc(-c2ccc(OCC)cc2)c(CC=C)c1OCC. The van der Waals surface area contributed by atoms with Crippen LogP contribution >= 0.6 is 0 Å². The van der Waals surface area contributed by atoms with Crippen molar-refractivity contribution in [2.75, 3.05) is 13.2 Å². The maximum atomic E-state index is 5.98. The van der Waals surface area contributed by atoms with E-state index in [-0.39, 0.29) is 0 Å². The average molecular weight is 322 g/mol. The third-order valence-corrected chi connectivity index (χ3v) is 3.82. The minimum Gasteiger partial charge on any atom is -0.494 e. The monoisotopic (exact) mass is 322 g/mol. The minimum absolute atomic E-state index is 0.640. The van der Waals surface area contributed by atoms with Crippen molar-refractivity contribution in [1.29, 1.82) is 0 Å². The van der Waals surface area contributed by atoms with E-state index in [2.05, 4.69) is 37.4 Å². The second kappa shape index (κ2) is 8.97. The molecule has 0 N–H and O–H groups in total. The van der Waals surface area contributed by atoms with Crippen molar-refractivity contribution in [1.82, 2.24) is 0 Å². The summed E-state index contributed by atoms with van der Waals surface area (Å²) in [6.07, 6.45) is 5.39. The third kappa shape index (κ3) is 4.08. The molecule has 126 valence electrons. The summed E-state index contributed by atoms with van der Waals surface area (Å²) in [4.78, 5) is 0. The maximum absolute atomic E-state index is 5.98. The topological polar surface area (TPSA) is 18.5 Å². The van der Waals surface area contributed by atoms with Gasteiger partial charge in [-0.3, -0.25) is 0 Å². The molecule has 0 amide bonds. The first-order valence-electron chi connectivity index (χ1n) is 8.47. The third-order valence-electron chi connectivity index (χ3n) is 3.82. The number of allylic oxidation sites excluding steroid dienone is 2. The molecule has 0 unspecified atom stereocenters. The van der Waals surface area contributed by atoms with Crippen molar-refractivity contribution in [2.45, 2.75) is 26.7 Å². The van der Waals surface area contributed by atoms with Gasteiger partial charge in [-0.05, 0) is 55.5 Å². The summed E-state index contributed by atoms with van der Waals surface area (Å²) in [5, 5.41) is 0. The van der Waals surface area contributed by atoms with Crippen LogP contribution in [-0.2, 0) is 12.8 Å². The van der Waals surface area contributed by atoms with Crippen molar-refractivity contribution in [3.63, 3.8) is 0 Å². The molecule has 0 saturated carbocycles. The predicted molar refractivity (Wildman–Crippen MR) is 102 cm³/mol. The second-order valence-corrected chi connectivity index (χ2v) is 5.46. The molecule has 2 nitrogen and oxygen atoms in total. The zero-order chi connectivity index (χ0) is 17.4. The van der Waals surface area contributed by atoms with E-state index in [1.54, 1.807) is 0 Å². The quantitative estimate of drug-likeness (QED) is 0.559. The lowest BCUT2D eigenvalue weighted by Gasteiger charge is -2.18. The van der Waals surface area contributed by atoms with E-state index in [9.17, 15) is 0 Å². The summed E-state index contributed by atoms with van der Waals surface area (Å²) in [7, 11) is 0. The Labute approximate surface area is 145 Å². The Morgan fingerprint density at radius 1 is 0.833 bits per heavy atom. The average Bonchev–Trinajstić information content (AvgIpc) is 2.59. The molecule has 0 saturated heterocycles. The van der Waals surface area contributed by atoms with Gasteiger partial charge in [0.15, 0.2) is 0 Å². The Balaban J connectivity index is 2.53. The van der Waals surface area contributed by atoms with Crippen molar-refractivity contribution >= 4 is 0 Å². The van der Waals surface area contributed by atoms with E-state index in [1.807, 2.05) is 38.1 Å². The molecule has 2 rings (SSSR count). The lowest BCUT2D eigenvalue weighted by molar-refractivity contribution is 0.334. The highest BCUT2D eigenvalue weighted by Crippen LogP contribution is 2.35. The van der Waals surface area contributed by atoms with Crippen LogP contribution in [0.5, 0.6) is 11.5 Å². The van der Waals surface area contributed by atoms with Crippen LogP contribution in [0.3, 0.4) is 0 Å². The summed E-state index contributed by atoms with van der Waals surface area (Å²) in [5.41, 5.74) is 4.67. The normalized spacial score (nSPS) is 10.2. The van der Waals surface area contributed by atoms with Crippen molar-refractivity contribution in [3.8, 4) is 22.6 Å². The largest absolute Gasteiger partial charge is 0.494 e. The van der Waals surface area contributed by atoms with Crippen LogP contribution in [-0.4, -0.2) is 13.2 Å². The van der Waals surface area contributed by atoms with Crippen molar-refractivity contribution in [3.05, 3.63) is 72.8 Å². The molecule has 0 bridgehead atoms. The van der Waals surface area contributed by atoms with Crippen molar-refractivity contribution < 1.29 is 9.47 Å². The Morgan fingerprint density at radius 3 is 2.08 bits per heavy atom. The minimum atomic E-state index is 0.640. The zero-order valence-corrected chi connectivity index (χ0v) is 14.7. The van der Waals surface area contributed by atoms with Crippen LogP contribution in [0.4, 0.5) is 0 Å². The Kier molecular flexibility index (Phi) is 6.68. The Hall–Kier alpha value is -2.48. The fourth-order valence-electron chi connectivity index (χ4n) is 2.83. The van der Waals surface area contributed by atoms with Crippen LogP contribution in [0, 0.1) is 0 Å². The van der Waals surface area contributed by atoms with E-state index in [0.717, 1.165) is 29.9 Å². The molecule has 2 aromatic carbocycles. The van der Waals surface area contributed by atoms with Crippen LogP contribution in [0.15, 0.2) is 61.7 Å². The standard InChI is InChI=1S/C22H26O2/c1-5-9-18-13-16-20(21(10-6-2)22(18)24-8-4)17-11-14-19(15-12-17)23-7-3/h5-6,11-16H,1-2,7-10H2,3-4H3. The fraction of sp³-hybridized carbons (Fsp3) is 0.273. The van der Waals surface area contributed by atoms with E-state index in [0.29, 0.717) is 13.2 Å². The molecule has 0 fully saturated rings. The number of hydrogen-bond donors (Lipinski definition) is 0. The van der Waals surface area contributed by atoms with Gasteiger partial charge in [0, 0.05) is 5.56 Å². The lowest BCUT2D eigenvalue weighted by atomic mass is 9.93. The highest BCUT2D eigenvalue weighted by molar-refractivity contribution is 5.72. The summed E-state index contributed by atoms with van der Waals surface area (Å²) < 4.78 is 11.5. The van der Waals surface area contributed by atoms with Gasteiger partial charge in [-0.2, -0.15) is 0 Å². The van der Waals surface area contributed by atoms with Gasteiger partial charge in [0.05, 0.1) is 13.2 Å². The summed E-state index contributed by atoms with van der Waals surface area (Å²) in [5.74, 6) is 1.85. The van der Waals surface area contributed by atoms with Crippen LogP contribution in [0.25, 0.3) is 11.1 Å². The molecule has 0 heterocycles. The molecule has 0 spiro atoms. The van der Waals surface area contributed by atoms with Gasteiger partial charge in [0.1, 0.15) is 11.5 Å². The van der Waals surface area contributed by atoms with Crippen LogP contribution < -0.4 is 9.47 Å². The zero-order valence-electron chi connectivity index (χ0n) is 14.7. The van der Waals surface area contributed by atoms with E-state index < -0.39 is 0 Å². The van der Waals surface area contributed by atoms with E-state index in [4.69, 9.17) is 9.47 Å². The summed E-state index contributed by atoms with van der Waals surface area (Å²) in [6, 6.07) is 12.5. The smallest absolute Gasteiger partial charge is 0.126 e. The molecule has 0 aromatic heterocycles. The van der Waals surface area contributed by atoms with Gasteiger partial charge in [-0.1, -0.05) is 36.4 Å². The van der Waals surface area contributed by atoms with Crippen LogP contribution in [0.2, 0.25) is 0 Å². The highest BCUT2D eigenvalue weighted by atomic mass is 16.5. The molecule has 0 radical (unpaired) electrons. The first-order valence-corrected chi connectivity index (χ1v) is 8.47. The highest BCUT2D eigenvalue weighted by Gasteiger charge is 2.14. The Bertz CT molecular complexity index is 684. The molecular formula is C22H26O2. The lowest BCUT2D eigenvalue weighted by Crippen LogP contribution is -2.02. The first kappa shape index (κ1) is 17.9. The van der Waals surface area contributed by atoms with E-state index >= 15 is 0 Å². The molecule has 2 heteroatoms.